The second-order valence-corrected chi connectivity index (χ2v) is 11.0. The van der Waals surface area contributed by atoms with Crippen molar-refractivity contribution in [1.82, 2.24) is 9.80 Å². The Morgan fingerprint density at radius 3 is 2.36 bits per heavy atom. The average Bonchev–Trinajstić information content (AvgIpc) is 2.93. The fourth-order valence-corrected chi connectivity index (χ4v) is 6.25. The molecule has 1 unspecified atom stereocenters. The van der Waals surface area contributed by atoms with E-state index in [-0.39, 0.29) is 17.9 Å². The molecule has 5 rings (SSSR count). The van der Waals surface area contributed by atoms with E-state index in [1.807, 2.05) is 11.0 Å². The van der Waals surface area contributed by atoms with Crippen molar-refractivity contribution >= 4 is 29.1 Å². The zero-order chi connectivity index (χ0) is 27.7. The van der Waals surface area contributed by atoms with Crippen molar-refractivity contribution < 1.29 is 22.4 Å². The maximum Gasteiger partial charge on any atom is 0.416 e. The smallest absolute Gasteiger partial charge is 0.331 e. The monoisotopic (exact) mass is 578 g/mol. The minimum Gasteiger partial charge on any atom is -0.331 e. The Morgan fingerprint density at radius 1 is 0.949 bits per heavy atom. The minimum absolute atomic E-state index is 0.0801. The molecule has 0 aliphatic carbocycles. The van der Waals surface area contributed by atoms with E-state index in [4.69, 9.17) is 23.2 Å². The van der Waals surface area contributed by atoms with Crippen LogP contribution in [-0.2, 0) is 12.6 Å². The third-order valence-electron chi connectivity index (χ3n) is 7.91. The van der Waals surface area contributed by atoms with Crippen LogP contribution < -0.4 is 0 Å². The van der Waals surface area contributed by atoms with Crippen molar-refractivity contribution in [2.24, 2.45) is 0 Å². The van der Waals surface area contributed by atoms with Crippen molar-refractivity contribution in [3.05, 3.63) is 104 Å². The van der Waals surface area contributed by atoms with E-state index in [1.54, 1.807) is 12.1 Å². The summed E-state index contributed by atoms with van der Waals surface area (Å²) in [6, 6.07) is 14.7. The van der Waals surface area contributed by atoms with Gasteiger partial charge in [-0.15, -0.1) is 0 Å². The number of likely N-dealkylation sites (tertiary alicyclic amines) is 1. The molecule has 1 saturated heterocycles. The summed E-state index contributed by atoms with van der Waals surface area (Å²) in [4.78, 5) is 17.6. The standard InChI is InChI=1S/C30H28Cl2F4N2O/c31-26-9-8-24-25(28(26)32)12-17-38(29(39)20-4-6-23(33)7-5-20)27(24)13-16-37-14-10-19(11-15-37)21-2-1-3-22(18-21)30(34,35)36/h1-9,18-19,27H,10-17H2. The van der Waals surface area contributed by atoms with Gasteiger partial charge in [-0.2, -0.15) is 13.2 Å². The van der Waals surface area contributed by atoms with Gasteiger partial charge in [-0.3, -0.25) is 4.79 Å². The summed E-state index contributed by atoms with van der Waals surface area (Å²) in [5, 5.41) is 0.985. The Morgan fingerprint density at radius 2 is 1.67 bits per heavy atom. The number of fused-ring (bicyclic) bond motifs is 1. The molecule has 0 radical (unpaired) electrons. The number of amides is 1. The first-order valence-electron chi connectivity index (χ1n) is 13.0. The number of carbonyl (C=O) groups is 1. The summed E-state index contributed by atoms with van der Waals surface area (Å²) in [5.41, 5.74) is 2.45. The number of rotatable bonds is 5. The zero-order valence-corrected chi connectivity index (χ0v) is 22.7. The van der Waals surface area contributed by atoms with E-state index in [2.05, 4.69) is 4.90 Å². The molecule has 1 atom stereocenters. The largest absolute Gasteiger partial charge is 0.416 e. The SMILES string of the molecule is O=C(c1ccc(F)cc1)N1CCc2c(ccc(Cl)c2Cl)C1CCN1CCC(c2cccc(C(F)(F)F)c2)CC1. The van der Waals surface area contributed by atoms with Crippen LogP contribution in [0.25, 0.3) is 0 Å². The van der Waals surface area contributed by atoms with Crippen molar-refractivity contribution in [2.45, 2.75) is 43.8 Å². The van der Waals surface area contributed by atoms with Crippen LogP contribution in [0.15, 0.2) is 60.7 Å². The fourth-order valence-electron chi connectivity index (χ4n) is 5.81. The number of carbonyl (C=O) groups excluding carboxylic acids is 1. The molecule has 9 heteroatoms. The Bertz CT molecular complexity index is 1340. The Kier molecular flexibility index (Phi) is 8.22. The number of hydrogen-bond donors (Lipinski definition) is 0. The first-order chi connectivity index (χ1) is 18.6. The number of nitrogens with zero attached hydrogens (tertiary/aromatic N) is 2. The second kappa shape index (κ2) is 11.5. The molecule has 0 aromatic heterocycles. The molecule has 2 aliphatic rings. The number of halogens is 6. The highest BCUT2D eigenvalue weighted by molar-refractivity contribution is 6.42. The van der Waals surface area contributed by atoms with E-state index in [0.29, 0.717) is 41.5 Å². The molecule has 3 aromatic carbocycles. The van der Waals surface area contributed by atoms with Crippen molar-refractivity contribution in [2.75, 3.05) is 26.2 Å². The van der Waals surface area contributed by atoms with E-state index in [0.717, 1.165) is 48.7 Å². The van der Waals surface area contributed by atoms with Gasteiger partial charge in [0, 0.05) is 18.7 Å². The molecule has 0 spiro atoms. The van der Waals surface area contributed by atoms with Crippen LogP contribution in [0.5, 0.6) is 0 Å². The van der Waals surface area contributed by atoms with E-state index in [9.17, 15) is 22.4 Å². The van der Waals surface area contributed by atoms with Gasteiger partial charge in [-0.1, -0.05) is 47.5 Å². The molecule has 39 heavy (non-hydrogen) atoms. The third kappa shape index (κ3) is 6.11. The molecular formula is C30H28Cl2F4N2O. The van der Waals surface area contributed by atoms with Crippen LogP contribution in [0, 0.1) is 5.82 Å². The first-order valence-corrected chi connectivity index (χ1v) is 13.8. The van der Waals surface area contributed by atoms with Crippen LogP contribution in [-0.4, -0.2) is 41.9 Å². The van der Waals surface area contributed by atoms with Crippen LogP contribution >= 0.6 is 23.2 Å². The van der Waals surface area contributed by atoms with Gasteiger partial charge >= 0.3 is 6.18 Å². The molecule has 1 amide bonds. The molecule has 206 valence electrons. The predicted molar refractivity (Wildman–Crippen MR) is 145 cm³/mol. The molecule has 3 aromatic rings. The summed E-state index contributed by atoms with van der Waals surface area (Å²) >= 11 is 12.8. The highest BCUT2D eigenvalue weighted by Gasteiger charge is 2.34. The Hall–Kier alpha value is -2.61. The predicted octanol–water partition coefficient (Wildman–Crippen LogP) is 8.16. The first kappa shape index (κ1) is 27.9. The van der Waals surface area contributed by atoms with Crippen molar-refractivity contribution in [3.8, 4) is 0 Å². The van der Waals surface area contributed by atoms with Gasteiger partial charge in [0.1, 0.15) is 5.82 Å². The number of benzene rings is 3. The van der Waals surface area contributed by atoms with E-state index >= 15 is 0 Å². The van der Waals surface area contributed by atoms with Gasteiger partial charge in [0.15, 0.2) is 0 Å². The highest BCUT2D eigenvalue weighted by Crippen LogP contribution is 2.40. The highest BCUT2D eigenvalue weighted by atomic mass is 35.5. The lowest BCUT2D eigenvalue weighted by Gasteiger charge is -2.40. The van der Waals surface area contributed by atoms with Crippen molar-refractivity contribution in [1.29, 1.82) is 0 Å². The van der Waals surface area contributed by atoms with Gasteiger partial charge in [0.2, 0.25) is 0 Å². The van der Waals surface area contributed by atoms with Gasteiger partial charge in [0.25, 0.3) is 5.91 Å². The Labute approximate surface area is 235 Å². The van der Waals surface area contributed by atoms with Crippen LogP contribution in [0.2, 0.25) is 10.0 Å². The van der Waals surface area contributed by atoms with Crippen molar-refractivity contribution in [3.63, 3.8) is 0 Å². The molecule has 1 fully saturated rings. The summed E-state index contributed by atoms with van der Waals surface area (Å²) in [5.74, 6) is -0.488. The lowest BCUT2D eigenvalue weighted by Crippen LogP contribution is -2.42. The van der Waals surface area contributed by atoms with E-state index < -0.39 is 17.6 Å². The maximum absolute atomic E-state index is 13.5. The van der Waals surface area contributed by atoms with Gasteiger partial charge in [0.05, 0.1) is 21.7 Å². The normalized spacial score (nSPS) is 18.7. The maximum atomic E-state index is 13.5. The molecular weight excluding hydrogens is 551 g/mol. The number of piperidine rings is 1. The lowest BCUT2D eigenvalue weighted by molar-refractivity contribution is -0.137. The molecule has 2 aliphatic heterocycles. The Balaban J connectivity index is 1.30. The average molecular weight is 579 g/mol. The summed E-state index contributed by atoms with van der Waals surface area (Å²) < 4.78 is 53.0. The lowest BCUT2D eigenvalue weighted by atomic mass is 9.87. The molecule has 0 N–H and O–H groups in total. The van der Waals surface area contributed by atoms with Gasteiger partial charge in [-0.05, 0) is 97.8 Å². The van der Waals surface area contributed by atoms with Crippen LogP contribution in [0.4, 0.5) is 17.6 Å². The zero-order valence-electron chi connectivity index (χ0n) is 21.2. The second-order valence-electron chi connectivity index (χ2n) is 10.2. The van der Waals surface area contributed by atoms with Gasteiger partial charge < -0.3 is 9.80 Å². The number of hydrogen-bond acceptors (Lipinski definition) is 2. The van der Waals surface area contributed by atoms with Gasteiger partial charge in [-0.25, -0.2) is 4.39 Å². The molecule has 2 heterocycles. The summed E-state index contributed by atoms with van der Waals surface area (Å²) in [6.45, 7) is 2.69. The third-order valence-corrected chi connectivity index (χ3v) is 8.76. The fraction of sp³-hybridized carbons (Fsp3) is 0.367. The summed E-state index contributed by atoms with van der Waals surface area (Å²) in [7, 11) is 0. The van der Waals surface area contributed by atoms with Crippen LogP contribution in [0.1, 0.15) is 63.8 Å². The quantitative estimate of drug-likeness (QED) is 0.285. The molecule has 0 bridgehead atoms. The minimum atomic E-state index is -4.35. The molecule has 0 saturated carbocycles. The summed E-state index contributed by atoms with van der Waals surface area (Å²) in [6.07, 6.45) is -1.59. The molecule has 3 nitrogen and oxygen atoms in total. The van der Waals surface area contributed by atoms with E-state index in [1.165, 1.54) is 36.4 Å². The topological polar surface area (TPSA) is 23.6 Å². The van der Waals surface area contributed by atoms with Crippen LogP contribution in [0.3, 0.4) is 0 Å². The number of alkyl halides is 3.